The number of alkyl halides is 2. The zero-order chi connectivity index (χ0) is 33.1. The van der Waals surface area contributed by atoms with E-state index in [4.69, 9.17) is 17.3 Å². The molecule has 3 aliphatic rings. The monoisotopic (exact) mass is 681 g/mol. The molecule has 2 amide bonds. The highest BCUT2D eigenvalue weighted by atomic mass is 35.5. The average molecular weight is 682 g/mol. The molecule has 2 aromatic rings. The Balaban J connectivity index is 1.20. The molecule has 3 heterocycles. The van der Waals surface area contributed by atoms with Gasteiger partial charge in [-0.1, -0.05) is 11.6 Å². The van der Waals surface area contributed by atoms with E-state index in [1.54, 1.807) is 29.0 Å². The number of anilines is 2. The molecule has 46 heavy (non-hydrogen) atoms. The van der Waals surface area contributed by atoms with Gasteiger partial charge in [-0.3, -0.25) is 9.59 Å². The second-order valence-corrected chi connectivity index (χ2v) is 14.5. The Hall–Kier alpha value is -2.91. The third kappa shape index (κ3) is 7.46. The zero-order valence-electron chi connectivity index (χ0n) is 25.9. The van der Waals surface area contributed by atoms with E-state index in [0.717, 1.165) is 0 Å². The van der Waals surface area contributed by atoms with Crippen molar-refractivity contribution in [2.45, 2.75) is 55.4 Å². The van der Waals surface area contributed by atoms with Crippen molar-refractivity contribution in [2.75, 3.05) is 62.7 Å². The van der Waals surface area contributed by atoms with E-state index in [9.17, 15) is 18.0 Å². The molecule has 1 saturated carbocycles. The molecule has 0 spiro atoms. The van der Waals surface area contributed by atoms with Gasteiger partial charge in [-0.2, -0.15) is 4.31 Å². The van der Waals surface area contributed by atoms with Crippen LogP contribution in [-0.2, 0) is 25.5 Å². The van der Waals surface area contributed by atoms with Crippen molar-refractivity contribution in [3.8, 4) is 0 Å². The number of nitrogens with two attached hydrogens (primary N) is 1. The summed E-state index contributed by atoms with van der Waals surface area (Å²) >= 11 is 6.24. The fourth-order valence-electron chi connectivity index (χ4n) is 6.50. The molecular weight excluding hydrogens is 640 g/mol. The lowest BCUT2D eigenvalue weighted by atomic mass is 9.77. The number of amides is 2. The van der Waals surface area contributed by atoms with Crippen LogP contribution in [0.5, 0.6) is 0 Å². The van der Waals surface area contributed by atoms with Gasteiger partial charge >= 0.3 is 0 Å². The number of hydrogen-bond donors (Lipinski definition) is 3. The molecule has 11 nitrogen and oxygen atoms in total. The number of halogens is 3. The van der Waals surface area contributed by atoms with E-state index in [-0.39, 0.29) is 84.2 Å². The molecule has 2 saturated heterocycles. The van der Waals surface area contributed by atoms with Crippen molar-refractivity contribution in [2.24, 2.45) is 17.6 Å². The van der Waals surface area contributed by atoms with Gasteiger partial charge in [-0.05, 0) is 82.1 Å². The summed E-state index contributed by atoms with van der Waals surface area (Å²) in [6.07, 6.45) is 2.24. The maximum Gasteiger partial charge on any atom is 0.276 e. The maximum atomic E-state index is 15.8. The third-order valence-corrected chi connectivity index (χ3v) is 11.4. The van der Waals surface area contributed by atoms with Crippen LogP contribution in [0.2, 0.25) is 5.15 Å². The number of pyridine rings is 1. The minimum Gasteiger partial charge on any atom is -0.356 e. The van der Waals surface area contributed by atoms with Crippen molar-refractivity contribution < 1.29 is 26.8 Å². The number of aromatic nitrogens is 1. The highest BCUT2D eigenvalue weighted by Crippen LogP contribution is 2.46. The molecule has 1 aromatic heterocycles. The lowest BCUT2D eigenvalue weighted by Crippen LogP contribution is -2.49. The molecule has 0 unspecified atom stereocenters. The number of carbonyl (C=O) groups excluding carboxylic acids is 2. The number of carbonyl (C=O) groups is 2. The fourth-order valence-corrected chi connectivity index (χ4v) is 8.13. The first-order valence-corrected chi connectivity index (χ1v) is 17.6. The van der Waals surface area contributed by atoms with Gasteiger partial charge in [0.25, 0.3) is 5.92 Å². The highest BCUT2D eigenvalue weighted by molar-refractivity contribution is 7.89. The molecular formula is C31H42ClF2N7O4S. The standard InChI is InChI=1S/C31H42ClF2N7O4S/c1-36-24-19-29(42)41(20-24)25-7-9-26(10-8-25)46(44,45)40-15-13-39(14-16-40)28-18-23(17-27(32)38-28)31(33,34)22-5-3-21(4-6-22)30(43)37-12-2-11-35/h7-10,17-18,21-22,24,36H,2-6,11-16,19-20,35H2,1H3,(H,37,43)/t21-,22-,24-/m1/s1. The number of nitrogens with one attached hydrogen (secondary N) is 2. The van der Waals surface area contributed by atoms with Gasteiger partial charge in [0, 0.05) is 74.8 Å². The quantitative estimate of drug-likeness (QED) is 0.243. The summed E-state index contributed by atoms with van der Waals surface area (Å²) in [5, 5.41) is 5.87. The lowest BCUT2D eigenvalue weighted by Gasteiger charge is -2.36. The number of piperazine rings is 1. The van der Waals surface area contributed by atoms with Gasteiger partial charge in [-0.15, -0.1) is 0 Å². The smallest absolute Gasteiger partial charge is 0.276 e. The molecule has 5 rings (SSSR count). The first-order valence-electron chi connectivity index (χ1n) is 15.8. The minimum atomic E-state index is -3.82. The molecule has 1 aliphatic carbocycles. The first-order chi connectivity index (χ1) is 21.9. The largest absolute Gasteiger partial charge is 0.356 e. The molecule has 0 bridgehead atoms. The number of sulfonamides is 1. The molecule has 252 valence electrons. The fraction of sp³-hybridized carbons (Fsp3) is 0.581. The molecule has 1 aromatic carbocycles. The first kappa shape index (κ1) is 34.4. The molecule has 2 aliphatic heterocycles. The van der Waals surface area contributed by atoms with E-state index in [1.165, 1.54) is 28.6 Å². The van der Waals surface area contributed by atoms with Crippen LogP contribution < -0.4 is 26.2 Å². The number of nitrogens with zero attached hydrogens (tertiary/aromatic N) is 4. The molecule has 3 fully saturated rings. The normalized spacial score (nSPS) is 23.2. The number of benzene rings is 1. The second kappa shape index (κ2) is 14.5. The van der Waals surface area contributed by atoms with Crippen molar-refractivity contribution in [3.63, 3.8) is 0 Å². The van der Waals surface area contributed by atoms with E-state index < -0.39 is 21.9 Å². The van der Waals surface area contributed by atoms with E-state index in [0.29, 0.717) is 51.0 Å². The number of likely N-dealkylation sites (N-methyl/N-ethyl adjacent to an activating group) is 1. The van der Waals surface area contributed by atoms with Gasteiger partial charge in [0.05, 0.1) is 4.90 Å². The SMILES string of the molecule is CN[C@@H]1CC(=O)N(c2ccc(S(=O)(=O)N3CCN(c4cc(C(F)(F)[C@H]5CC[C@H](C(=O)NCCCN)CC5)cc(Cl)n4)CC3)cc2)C1. The predicted molar refractivity (Wildman–Crippen MR) is 173 cm³/mol. The Labute approximate surface area is 273 Å². The third-order valence-electron chi connectivity index (χ3n) is 9.34. The zero-order valence-corrected chi connectivity index (χ0v) is 27.5. The Bertz CT molecular complexity index is 1500. The van der Waals surface area contributed by atoms with Gasteiger partial charge < -0.3 is 26.2 Å². The van der Waals surface area contributed by atoms with Crippen LogP contribution >= 0.6 is 11.6 Å². The van der Waals surface area contributed by atoms with Gasteiger partial charge in [0.2, 0.25) is 21.8 Å². The topological polar surface area (TPSA) is 141 Å². The van der Waals surface area contributed by atoms with Crippen LogP contribution in [0.3, 0.4) is 0 Å². The Morgan fingerprint density at radius 1 is 1.09 bits per heavy atom. The van der Waals surface area contributed by atoms with Crippen LogP contribution in [0, 0.1) is 11.8 Å². The molecule has 15 heteroatoms. The predicted octanol–water partition coefficient (Wildman–Crippen LogP) is 2.93. The summed E-state index contributed by atoms with van der Waals surface area (Å²) in [4.78, 5) is 32.6. The Kier molecular flexibility index (Phi) is 10.8. The van der Waals surface area contributed by atoms with Crippen molar-refractivity contribution in [1.29, 1.82) is 0 Å². The van der Waals surface area contributed by atoms with Crippen LogP contribution in [0.25, 0.3) is 0 Å². The van der Waals surface area contributed by atoms with Crippen LogP contribution in [-0.4, -0.2) is 88.4 Å². The Morgan fingerprint density at radius 3 is 2.37 bits per heavy atom. The van der Waals surface area contributed by atoms with E-state index >= 15 is 8.78 Å². The van der Waals surface area contributed by atoms with Gasteiger partial charge in [-0.25, -0.2) is 22.2 Å². The van der Waals surface area contributed by atoms with E-state index in [1.807, 2.05) is 0 Å². The van der Waals surface area contributed by atoms with Crippen LogP contribution in [0.15, 0.2) is 41.3 Å². The Morgan fingerprint density at radius 2 is 1.76 bits per heavy atom. The summed E-state index contributed by atoms with van der Waals surface area (Å²) in [7, 11) is -2.02. The van der Waals surface area contributed by atoms with Gasteiger partial charge in [0.15, 0.2) is 0 Å². The van der Waals surface area contributed by atoms with Crippen molar-refractivity contribution in [3.05, 3.63) is 47.1 Å². The summed E-state index contributed by atoms with van der Waals surface area (Å²) < 4.78 is 59.8. The molecule has 1 atom stereocenters. The van der Waals surface area contributed by atoms with E-state index in [2.05, 4.69) is 15.6 Å². The van der Waals surface area contributed by atoms with Crippen molar-refractivity contribution >= 4 is 44.9 Å². The summed E-state index contributed by atoms with van der Waals surface area (Å²) in [6.45, 7) is 2.23. The number of rotatable bonds is 11. The highest BCUT2D eigenvalue weighted by Gasteiger charge is 2.44. The van der Waals surface area contributed by atoms with Crippen LogP contribution in [0.1, 0.15) is 44.1 Å². The van der Waals surface area contributed by atoms with Crippen LogP contribution in [0.4, 0.5) is 20.3 Å². The average Bonchev–Trinajstić information content (AvgIpc) is 3.45. The summed E-state index contributed by atoms with van der Waals surface area (Å²) in [5.74, 6) is -4.25. The lowest BCUT2D eigenvalue weighted by molar-refractivity contribution is -0.129. The maximum absolute atomic E-state index is 15.8. The second-order valence-electron chi connectivity index (χ2n) is 12.2. The molecule has 0 radical (unpaired) electrons. The minimum absolute atomic E-state index is 0.0206. The molecule has 4 N–H and O–H groups in total. The van der Waals surface area contributed by atoms with Gasteiger partial charge in [0.1, 0.15) is 11.0 Å². The number of hydrogen-bond acceptors (Lipinski definition) is 8. The van der Waals surface area contributed by atoms with Crippen molar-refractivity contribution in [1.82, 2.24) is 19.9 Å². The summed E-state index contributed by atoms with van der Waals surface area (Å²) in [6, 6.07) is 8.88. The summed E-state index contributed by atoms with van der Waals surface area (Å²) in [5.41, 5.74) is 5.88.